The van der Waals surface area contributed by atoms with E-state index in [9.17, 15) is 4.79 Å². The molecule has 8 heteroatoms. The Morgan fingerprint density at radius 3 is 2.63 bits per heavy atom. The average molecular weight is 429 g/mol. The van der Waals surface area contributed by atoms with E-state index in [1.54, 1.807) is 13.1 Å². The number of aromatic nitrogens is 3. The molecule has 0 spiro atoms. The third kappa shape index (κ3) is 4.76. The molecular weight excluding hydrogens is 396 g/mol. The van der Waals surface area contributed by atoms with Crippen molar-refractivity contribution >= 4 is 30.9 Å². The number of nitrogens with one attached hydrogen (secondary N) is 1. The highest BCUT2D eigenvalue weighted by Crippen LogP contribution is 2.35. The van der Waals surface area contributed by atoms with Crippen LogP contribution in [0.5, 0.6) is 0 Å². The van der Waals surface area contributed by atoms with Crippen molar-refractivity contribution in [2.24, 2.45) is 0 Å². The fraction of sp³-hybridized carbons (Fsp3) is 0.455. The van der Waals surface area contributed by atoms with Crippen LogP contribution in [-0.4, -0.2) is 55.9 Å². The zero-order chi connectivity index (χ0) is 21.9. The summed E-state index contributed by atoms with van der Waals surface area (Å²) in [5.41, 5.74) is 2.94. The molecule has 0 fully saturated rings. The van der Waals surface area contributed by atoms with Gasteiger partial charge in [0, 0.05) is 45.2 Å². The van der Waals surface area contributed by atoms with E-state index in [2.05, 4.69) is 29.6 Å². The predicted octanol–water partition coefficient (Wildman–Crippen LogP) is 4.59. The van der Waals surface area contributed by atoms with Gasteiger partial charge in [-0.2, -0.15) is 0 Å². The Hall–Kier alpha value is -2.58. The quantitative estimate of drug-likeness (QED) is 0.307. The van der Waals surface area contributed by atoms with E-state index < -0.39 is 8.07 Å². The lowest BCUT2D eigenvalue weighted by molar-refractivity contribution is 0.0521. The number of hydrogen-bond acceptors (Lipinski definition) is 5. The number of nitrogens with zero attached hydrogens (tertiary/aromatic N) is 3. The Balaban J connectivity index is 2.06. The van der Waals surface area contributed by atoms with Crippen molar-refractivity contribution in [3.8, 4) is 11.3 Å². The minimum atomic E-state index is -1.18. The van der Waals surface area contributed by atoms with Crippen LogP contribution in [0.15, 0.2) is 30.5 Å². The van der Waals surface area contributed by atoms with E-state index in [1.807, 2.05) is 47.8 Å². The smallest absolute Gasteiger partial charge is 0.355 e. The molecule has 3 rings (SSSR count). The first kappa shape index (κ1) is 22.1. The first-order chi connectivity index (χ1) is 14.2. The van der Waals surface area contributed by atoms with Crippen molar-refractivity contribution in [1.82, 2.24) is 14.5 Å². The molecule has 0 atom stereocenters. The highest BCUT2D eigenvalue weighted by molar-refractivity contribution is 6.76. The highest BCUT2D eigenvalue weighted by atomic mass is 28.3. The highest BCUT2D eigenvalue weighted by Gasteiger charge is 2.24. The van der Waals surface area contributed by atoms with Gasteiger partial charge in [-0.1, -0.05) is 37.8 Å². The van der Waals surface area contributed by atoms with Crippen LogP contribution in [0.25, 0.3) is 22.2 Å². The third-order valence-corrected chi connectivity index (χ3v) is 6.60. The lowest BCUT2D eigenvalue weighted by Gasteiger charge is -2.19. The lowest BCUT2D eigenvalue weighted by Crippen LogP contribution is -2.23. The molecule has 0 aliphatic carbocycles. The van der Waals surface area contributed by atoms with Crippen molar-refractivity contribution in [3.63, 3.8) is 0 Å². The molecule has 0 amide bonds. The van der Waals surface area contributed by atoms with E-state index in [0.717, 1.165) is 34.2 Å². The second-order valence-corrected chi connectivity index (χ2v) is 14.4. The summed E-state index contributed by atoms with van der Waals surface area (Å²) in [6.45, 7) is 10.2. The molecule has 0 bridgehead atoms. The van der Waals surface area contributed by atoms with E-state index >= 15 is 0 Å². The number of benzene rings is 1. The minimum Gasteiger partial charge on any atom is -0.461 e. The number of fused-ring (bicyclic) bond motifs is 1. The second kappa shape index (κ2) is 9.05. The molecule has 0 saturated heterocycles. The van der Waals surface area contributed by atoms with Crippen LogP contribution in [0.4, 0.5) is 5.95 Å². The number of rotatable bonds is 9. The van der Waals surface area contributed by atoms with Crippen molar-refractivity contribution < 1.29 is 14.3 Å². The van der Waals surface area contributed by atoms with Crippen molar-refractivity contribution in [1.29, 1.82) is 0 Å². The number of aromatic amines is 1. The summed E-state index contributed by atoms with van der Waals surface area (Å²) in [5.74, 6) is 0.403. The van der Waals surface area contributed by atoms with Crippen LogP contribution in [0, 0.1) is 0 Å². The topological polar surface area (TPSA) is 72.4 Å². The number of carbonyl (C=O) groups excluding carboxylic acids is 1. The van der Waals surface area contributed by atoms with Crippen LogP contribution in [0.2, 0.25) is 25.7 Å². The van der Waals surface area contributed by atoms with E-state index in [1.165, 1.54) is 0 Å². The van der Waals surface area contributed by atoms with Crippen LogP contribution in [-0.2, 0) is 16.2 Å². The number of H-pyrrole nitrogens is 1. The van der Waals surface area contributed by atoms with Gasteiger partial charge in [0.2, 0.25) is 5.95 Å². The van der Waals surface area contributed by atoms with Crippen LogP contribution in [0.1, 0.15) is 17.4 Å². The van der Waals surface area contributed by atoms with Crippen molar-refractivity contribution in [2.75, 3.05) is 32.2 Å². The fourth-order valence-corrected chi connectivity index (χ4v) is 4.10. The van der Waals surface area contributed by atoms with E-state index in [0.29, 0.717) is 25.6 Å². The Morgan fingerprint density at radius 1 is 1.23 bits per heavy atom. The average Bonchev–Trinajstić information content (AvgIpc) is 3.25. The third-order valence-electron chi connectivity index (χ3n) is 4.89. The molecule has 1 aromatic carbocycles. The number of imidazole rings is 1. The predicted molar refractivity (Wildman–Crippen MR) is 124 cm³/mol. The molecule has 0 aliphatic heterocycles. The number of carbonyl (C=O) groups is 1. The van der Waals surface area contributed by atoms with E-state index in [4.69, 9.17) is 9.47 Å². The lowest BCUT2D eigenvalue weighted by atomic mass is 10.1. The number of hydrogen-bond donors (Lipinski definition) is 1. The summed E-state index contributed by atoms with van der Waals surface area (Å²) in [7, 11) is 2.72. The zero-order valence-corrected chi connectivity index (χ0v) is 19.8. The van der Waals surface area contributed by atoms with Gasteiger partial charge in [0.1, 0.15) is 12.4 Å². The first-order valence-electron chi connectivity index (χ1n) is 10.3. The number of anilines is 1. The zero-order valence-electron chi connectivity index (χ0n) is 18.8. The Bertz CT molecular complexity index is 1020. The van der Waals surface area contributed by atoms with Gasteiger partial charge >= 0.3 is 5.97 Å². The van der Waals surface area contributed by atoms with Gasteiger partial charge in [0.25, 0.3) is 0 Å². The summed E-state index contributed by atoms with van der Waals surface area (Å²) in [5, 5.41) is 0.953. The van der Waals surface area contributed by atoms with Gasteiger partial charge in [-0.25, -0.2) is 9.78 Å². The standard InChI is InChI=1S/C22H32N4O3Si/c1-7-29-21(27)20-19(16-10-8-9-11-17(16)24-20)18-14-23-22(25(2)3)26(18)15-28-12-13-30(4,5)6/h8-11,14,24H,7,12-13,15H2,1-6H3. The molecule has 0 aliphatic rings. The second-order valence-electron chi connectivity index (χ2n) is 8.75. The maximum Gasteiger partial charge on any atom is 0.355 e. The SMILES string of the molecule is CCOC(=O)c1[nH]c2ccccc2c1-c1cnc(N(C)C)n1COCC[Si](C)(C)C. The molecule has 0 radical (unpaired) electrons. The summed E-state index contributed by atoms with van der Waals surface area (Å²) in [6, 6.07) is 8.96. The Morgan fingerprint density at radius 2 is 1.97 bits per heavy atom. The van der Waals surface area contributed by atoms with Crippen LogP contribution < -0.4 is 4.90 Å². The molecule has 1 N–H and O–H groups in total. The Labute approximate surface area is 179 Å². The Kier molecular flexibility index (Phi) is 6.67. The molecule has 7 nitrogen and oxygen atoms in total. The maximum atomic E-state index is 12.7. The molecule has 2 heterocycles. The van der Waals surface area contributed by atoms with Gasteiger partial charge in [-0.15, -0.1) is 0 Å². The summed E-state index contributed by atoms with van der Waals surface area (Å²) in [6.07, 6.45) is 1.80. The fourth-order valence-electron chi connectivity index (χ4n) is 3.35. The maximum absolute atomic E-state index is 12.7. The van der Waals surface area contributed by atoms with Gasteiger partial charge in [0.05, 0.1) is 18.5 Å². The van der Waals surface area contributed by atoms with Gasteiger partial charge in [0.15, 0.2) is 0 Å². The summed E-state index contributed by atoms with van der Waals surface area (Å²) < 4.78 is 13.4. The molecule has 162 valence electrons. The summed E-state index contributed by atoms with van der Waals surface area (Å²) in [4.78, 5) is 22.5. The molecule has 2 aromatic heterocycles. The van der Waals surface area contributed by atoms with Crippen molar-refractivity contribution in [3.05, 3.63) is 36.2 Å². The van der Waals surface area contributed by atoms with Crippen LogP contribution >= 0.6 is 0 Å². The molecular formula is C22H32N4O3Si. The van der Waals surface area contributed by atoms with Crippen LogP contribution in [0.3, 0.4) is 0 Å². The monoisotopic (exact) mass is 428 g/mol. The molecule has 0 saturated carbocycles. The molecule has 3 aromatic rings. The van der Waals surface area contributed by atoms with E-state index in [-0.39, 0.29) is 5.97 Å². The largest absolute Gasteiger partial charge is 0.461 e. The molecule has 30 heavy (non-hydrogen) atoms. The first-order valence-corrected chi connectivity index (χ1v) is 14.0. The number of ether oxygens (including phenoxy) is 2. The minimum absolute atomic E-state index is 0.315. The number of esters is 1. The van der Waals surface area contributed by atoms with Gasteiger partial charge < -0.3 is 19.4 Å². The summed E-state index contributed by atoms with van der Waals surface area (Å²) >= 11 is 0. The normalized spacial score (nSPS) is 11.8. The van der Waals surface area contributed by atoms with Gasteiger partial charge in [-0.3, -0.25) is 4.57 Å². The van der Waals surface area contributed by atoms with Crippen molar-refractivity contribution in [2.45, 2.75) is 39.3 Å². The number of para-hydroxylation sites is 1. The molecule has 0 unspecified atom stereocenters. The van der Waals surface area contributed by atoms with Gasteiger partial charge in [-0.05, 0) is 19.0 Å².